The summed E-state index contributed by atoms with van der Waals surface area (Å²) in [7, 11) is 0. The van der Waals surface area contributed by atoms with Crippen molar-refractivity contribution in [2.75, 3.05) is 19.6 Å². The summed E-state index contributed by atoms with van der Waals surface area (Å²) < 4.78 is 0. The number of amides is 2. The van der Waals surface area contributed by atoms with Gasteiger partial charge in [0.05, 0.1) is 0 Å². The van der Waals surface area contributed by atoms with Crippen molar-refractivity contribution < 1.29 is 9.59 Å². The highest BCUT2D eigenvalue weighted by molar-refractivity contribution is 5.76. The molecule has 5 heteroatoms. The minimum Gasteiger partial charge on any atom is -0.356 e. The maximum atomic E-state index is 11.3. The lowest BCUT2D eigenvalue weighted by molar-refractivity contribution is -0.121. The second-order valence-electron chi connectivity index (χ2n) is 4.32. The SMILES string of the molecule is CCCNC(=O)CCNCCC(=O)NC(C)C. The number of hydrogen-bond acceptors (Lipinski definition) is 3. The molecule has 0 bridgehead atoms. The van der Waals surface area contributed by atoms with Crippen LogP contribution in [0.25, 0.3) is 0 Å². The smallest absolute Gasteiger partial charge is 0.221 e. The summed E-state index contributed by atoms with van der Waals surface area (Å²) in [5.41, 5.74) is 0. The lowest BCUT2D eigenvalue weighted by atomic mass is 10.3. The molecule has 0 atom stereocenters. The molecule has 0 heterocycles. The van der Waals surface area contributed by atoms with Crippen LogP contribution in [0.15, 0.2) is 0 Å². The Morgan fingerprint density at radius 3 is 2.12 bits per heavy atom. The topological polar surface area (TPSA) is 70.2 Å². The van der Waals surface area contributed by atoms with E-state index >= 15 is 0 Å². The average Bonchev–Trinajstić information content (AvgIpc) is 2.24. The molecular weight excluding hydrogens is 218 g/mol. The minimum atomic E-state index is 0.0444. The molecule has 0 spiro atoms. The normalized spacial score (nSPS) is 10.4. The molecule has 100 valence electrons. The number of hydrogen-bond donors (Lipinski definition) is 3. The van der Waals surface area contributed by atoms with Crippen LogP contribution in [0.5, 0.6) is 0 Å². The molecule has 0 fully saturated rings. The first-order valence-electron chi connectivity index (χ1n) is 6.33. The van der Waals surface area contributed by atoms with E-state index in [1.807, 2.05) is 20.8 Å². The van der Waals surface area contributed by atoms with Gasteiger partial charge >= 0.3 is 0 Å². The Balaban J connectivity index is 3.34. The zero-order chi connectivity index (χ0) is 13.1. The Bertz CT molecular complexity index is 230. The van der Waals surface area contributed by atoms with Crippen molar-refractivity contribution in [1.29, 1.82) is 0 Å². The van der Waals surface area contributed by atoms with E-state index in [0.29, 0.717) is 25.9 Å². The third-order valence-corrected chi connectivity index (χ3v) is 2.08. The Hall–Kier alpha value is -1.10. The third-order valence-electron chi connectivity index (χ3n) is 2.08. The van der Waals surface area contributed by atoms with Crippen LogP contribution in [0, 0.1) is 0 Å². The highest BCUT2D eigenvalue weighted by Crippen LogP contribution is 1.83. The maximum Gasteiger partial charge on any atom is 0.221 e. The molecule has 0 aromatic heterocycles. The molecule has 0 saturated carbocycles. The van der Waals surface area contributed by atoms with Crippen molar-refractivity contribution >= 4 is 11.8 Å². The Labute approximate surface area is 104 Å². The van der Waals surface area contributed by atoms with Crippen molar-refractivity contribution in [3.63, 3.8) is 0 Å². The van der Waals surface area contributed by atoms with E-state index in [1.165, 1.54) is 0 Å². The zero-order valence-electron chi connectivity index (χ0n) is 11.1. The van der Waals surface area contributed by atoms with Crippen molar-refractivity contribution in [1.82, 2.24) is 16.0 Å². The van der Waals surface area contributed by atoms with Crippen molar-refractivity contribution in [2.24, 2.45) is 0 Å². The predicted octanol–water partition coefficient (Wildman–Crippen LogP) is 0.407. The van der Waals surface area contributed by atoms with Gasteiger partial charge in [0, 0.05) is 38.5 Å². The zero-order valence-corrected chi connectivity index (χ0v) is 11.1. The molecule has 5 nitrogen and oxygen atoms in total. The summed E-state index contributed by atoms with van der Waals surface area (Å²) in [6.45, 7) is 7.85. The molecule has 0 radical (unpaired) electrons. The third kappa shape index (κ3) is 11.2. The summed E-state index contributed by atoms with van der Waals surface area (Å²) in [6, 6.07) is 0.183. The van der Waals surface area contributed by atoms with Crippen LogP contribution in [0.4, 0.5) is 0 Å². The molecule has 17 heavy (non-hydrogen) atoms. The first-order chi connectivity index (χ1) is 8.06. The Morgan fingerprint density at radius 2 is 1.59 bits per heavy atom. The van der Waals surface area contributed by atoms with Crippen LogP contribution in [-0.4, -0.2) is 37.5 Å². The first-order valence-corrected chi connectivity index (χ1v) is 6.33. The molecule has 0 rings (SSSR count). The molecule has 2 amide bonds. The van der Waals surface area contributed by atoms with Gasteiger partial charge in [-0.05, 0) is 20.3 Å². The second-order valence-corrected chi connectivity index (χ2v) is 4.32. The number of rotatable bonds is 9. The van der Waals surface area contributed by atoms with Gasteiger partial charge in [0.25, 0.3) is 0 Å². The fourth-order valence-corrected chi connectivity index (χ4v) is 1.28. The summed E-state index contributed by atoms with van der Waals surface area (Å²) >= 11 is 0. The molecule has 0 aliphatic heterocycles. The van der Waals surface area contributed by atoms with Gasteiger partial charge in [0.1, 0.15) is 0 Å². The van der Waals surface area contributed by atoms with Crippen LogP contribution in [0.3, 0.4) is 0 Å². The fraction of sp³-hybridized carbons (Fsp3) is 0.833. The molecule has 0 unspecified atom stereocenters. The largest absolute Gasteiger partial charge is 0.356 e. The van der Waals surface area contributed by atoms with Crippen LogP contribution >= 0.6 is 0 Å². The Morgan fingerprint density at radius 1 is 1.00 bits per heavy atom. The standard InChI is InChI=1S/C12H25N3O2/c1-4-7-14-11(16)5-8-13-9-6-12(17)15-10(2)3/h10,13H,4-9H2,1-3H3,(H,14,16)(H,15,17). The van der Waals surface area contributed by atoms with Gasteiger partial charge in [-0.25, -0.2) is 0 Å². The van der Waals surface area contributed by atoms with Gasteiger partial charge in [0.2, 0.25) is 11.8 Å². The molecule has 0 aromatic rings. The van der Waals surface area contributed by atoms with Crippen molar-refractivity contribution in [2.45, 2.75) is 46.1 Å². The molecule has 0 aliphatic carbocycles. The number of carbonyl (C=O) groups excluding carboxylic acids is 2. The van der Waals surface area contributed by atoms with Gasteiger partial charge in [-0.2, -0.15) is 0 Å². The second kappa shape index (κ2) is 10.1. The Kier molecular flexibility index (Phi) is 9.43. The summed E-state index contributed by atoms with van der Waals surface area (Å²) in [5.74, 6) is 0.105. The van der Waals surface area contributed by atoms with Crippen LogP contribution in [-0.2, 0) is 9.59 Å². The summed E-state index contributed by atoms with van der Waals surface area (Å²) in [4.78, 5) is 22.5. The van der Waals surface area contributed by atoms with Crippen molar-refractivity contribution in [3.8, 4) is 0 Å². The van der Waals surface area contributed by atoms with E-state index in [2.05, 4.69) is 16.0 Å². The van der Waals surface area contributed by atoms with E-state index in [0.717, 1.165) is 13.0 Å². The fourth-order valence-electron chi connectivity index (χ4n) is 1.28. The quantitative estimate of drug-likeness (QED) is 0.514. The molecule has 0 saturated heterocycles. The molecular formula is C12H25N3O2. The number of nitrogens with one attached hydrogen (secondary N) is 3. The van der Waals surface area contributed by atoms with Crippen molar-refractivity contribution in [3.05, 3.63) is 0 Å². The summed E-state index contributed by atoms with van der Waals surface area (Å²) in [6.07, 6.45) is 1.87. The van der Waals surface area contributed by atoms with Gasteiger partial charge in [-0.3, -0.25) is 9.59 Å². The minimum absolute atomic E-state index is 0.0444. The van der Waals surface area contributed by atoms with Gasteiger partial charge in [-0.1, -0.05) is 6.92 Å². The van der Waals surface area contributed by atoms with Gasteiger partial charge < -0.3 is 16.0 Å². The van der Waals surface area contributed by atoms with E-state index < -0.39 is 0 Å². The van der Waals surface area contributed by atoms with Crippen LogP contribution < -0.4 is 16.0 Å². The van der Waals surface area contributed by atoms with E-state index in [-0.39, 0.29) is 17.9 Å². The highest BCUT2D eigenvalue weighted by Gasteiger charge is 2.03. The molecule has 0 aromatic carbocycles. The average molecular weight is 243 g/mol. The number of carbonyl (C=O) groups is 2. The van der Waals surface area contributed by atoms with Gasteiger partial charge in [0.15, 0.2) is 0 Å². The molecule has 0 aliphatic rings. The molecule has 3 N–H and O–H groups in total. The lowest BCUT2D eigenvalue weighted by Crippen LogP contribution is -2.33. The van der Waals surface area contributed by atoms with Crippen LogP contribution in [0.1, 0.15) is 40.0 Å². The summed E-state index contributed by atoms with van der Waals surface area (Å²) in [5, 5.41) is 8.69. The van der Waals surface area contributed by atoms with E-state index in [9.17, 15) is 9.59 Å². The van der Waals surface area contributed by atoms with Gasteiger partial charge in [-0.15, -0.1) is 0 Å². The monoisotopic (exact) mass is 243 g/mol. The van der Waals surface area contributed by atoms with E-state index in [4.69, 9.17) is 0 Å². The lowest BCUT2D eigenvalue weighted by Gasteiger charge is -2.08. The maximum absolute atomic E-state index is 11.3. The first kappa shape index (κ1) is 15.9. The predicted molar refractivity (Wildman–Crippen MR) is 68.7 cm³/mol. The van der Waals surface area contributed by atoms with Crippen LogP contribution in [0.2, 0.25) is 0 Å². The highest BCUT2D eigenvalue weighted by atomic mass is 16.2. The van der Waals surface area contributed by atoms with E-state index in [1.54, 1.807) is 0 Å².